The van der Waals surface area contributed by atoms with Crippen molar-refractivity contribution in [3.05, 3.63) is 59.5 Å². The van der Waals surface area contributed by atoms with Crippen molar-refractivity contribution in [3.63, 3.8) is 0 Å². The number of carbonyl (C=O) groups excluding carboxylic acids is 2. The fourth-order valence-corrected chi connectivity index (χ4v) is 4.83. The van der Waals surface area contributed by atoms with Gasteiger partial charge in [0.15, 0.2) is 5.78 Å². The van der Waals surface area contributed by atoms with E-state index < -0.39 is 10.0 Å². The van der Waals surface area contributed by atoms with Gasteiger partial charge >= 0.3 is 11.8 Å². The van der Waals surface area contributed by atoms with E-state index >= 15 is 0 Å². The zero-order valence-corrected chi connectivity index (χ0v) is 18.5. The van der Waals surface area contributed by atoms with Crippen molar-refractivity contribution in [1.82, 2.24) is 15.0 Å². The number of nitrogens with zero attached hydrogens (tertiary/aromatic N) is 3. The first kappa shape index (κ1) is 21.7. The highest BCUT2D eigenvalue weighted by Crippen LogP contribution is 2.26. The Balaban J connectivity index is 1.59. The number of sulfonamides is 1. The van der Waals surface area contributed by atoms with Crippen LogP contribution in [0.5, 0.6) is 0 Å². The summed E-state index contributed by atoms with van der Waals surface area (Å²) in [7, 11) is -3.93. The quantitative estimate of drug-likeness (QED) is 0.567. The molecule has 10 heteroatoms. The molecule has 32 heavy (non-hydrogen) atoms. The molecule has 0 aliphatic carbocycles. The van der Waals surface area contributed by atoms with Gasteiger partial charge in [-0.05, 0) is 62.6 Å². The number of likely N-dealkylation sites (tertiary alicyclic amines) is 1. The summed E-state index contributed by atoms with van der Waals surface area (Å²) in [5, 5.41) is 3.86. The maximum atomic E-state index is 13.0. The summed E-state index contributed by atoms with van der Waals surface area (Å²) in [5.74, 6) is -0.409. The number of nitrogens with one attached hydrogen (secondary N) is 1. The number of ketones is 1. The van der Waals surface area contributed by atoms with Crippen LogP contribution in [0.25, 0.3) is 11.4 Å². The van der Waals surface area contributed by atoms with Crippen LogP contribution in [0.4, 0.5) is 5.69 Å². The summed E-state index contributed by atoms with van der Waals surface area (Å²) in [6.07, 6.45) is 1.88. The van der Waals surface area contributed by atoms with Crippen LogP contribution < -0.4 is 4.72 Å². The van der Waals surface area contributed by atoms with Crippen LogP contribution in [0.2, 0.25) is 0 Å². The van der Waals surface area contributed by atoms with Crippen molar-refractivity contribution >= 4 is 27.4 Å². The van der Waals surface area contributed by atoms with Crippen LogP contribution in [0.15, 0.2) is 51.9 Å². The van der Waals surface area contributed by atoms with Crippen molar-refractivity contribution in [2.24, 2.45) is 0 Å². The summed E-state index contributed by atoms with van der Waals surface area (Å²) in [6.45, 7) is 4.43. The minimum absolute atomic E-state index is 0.0443. The first-order chi connectivity index (χ1) is 15.2. The molecule has 1 N–H and O–H groups in total. The molecule has 0 unspecified atom stereocenters. The third-order valence-electron chi connectivity index (χ3n) is 5.28. The van der Waals surface area contributed by atoms with Gasteiger partial charge in [0.2, 0.25) is 5.82 Å². The van der Waals surface area contributed by atoms with E-state index in [-0.39, 0.29) is 28.3 Å². The topological polar surface area (TPSA) is 122 Å². The molecule has 0 spiro atoms. The van der Waals surface area contributed by atoms with Crippen LogP contribution in [-0.4, -0.2) is 48.2 Å². The Kier molecular flexibility index (Phi) is 5.79. The predicted octanol–water partition coefficient (Wildman–Crippen LogP) is 3.28. The van der Waals surface area contributed by atoms with Crippen molar-refractivity contribution in [1.29, 1.82) is 0 Å². The average Bonchev–Trinajstić information content (AvgIpc) is 3.46. The van der Waals surface area contributed by atoms with Gasteiger partial charge in [-0.15, -0.1) is 0 Å². The second-order valence-corrected chi connectivity index (χ2v) is 9.29. The standard InChI is InChI=1S/C22H22N4O5S/c1-14-5-6-17(20-23-21(31-24-20)22(28)26-11-3-4-12-26)13-19(14)32(29,30)25-18-9-7-16(8-10-18)15(2)27/h5-10,13,25H,3-4,11-12H2,1-2H3. The van der Waals surface area contributed by atoms with Crippen molar-refractivity contribution in [2.75, 3.05) is 17.8 Å². The van der Waals surface area contributed by atoms with Gasteiger partial charge in [0, 0.05) is 29.9 Å². The molecule has 9 nitrogen and oxygen atoms in total. The molecule has 0 saturated carbocycles. The van der Waals surface area contributed by atoms with E-state index in [2.05, 4.69) is 14.9 Å². The monoisotopic (exact) mass is 454 g/mol. The molecule has 2 heterocycles. The molecule has 4 rings (SSSR count). The number of hydrogen-bond donors (Lipinski definition) is 1. The lowest BCUT2D eigenvalue weighted by Gasteiger charge is -2.12. The van der Waals surface area contributed by atoms with E-state index in [9.17, 15) is 18.0 Å². The first-order valence-corrected chi connectivity index (χ1v) is 11.6. The molecular weight excluding hydrogens is 432 g/mol. The number of rotatable bonds is 6. The summed E-state index contributed by atoms with van der Waals surface area (Å²) in [6, 6.07) is 10.9. The zero-order chi connectivity index (χ0) is 22.9. The molecule has 0 atom stereocenters. The number of amides is 1. The maximum Gasteiger partial charge on any atom is 0.316 e. The molecule has 3 aromatic rings. The Labute approximate surface area is 185 Å². The van der Waals surface area contributed by atoms with Crippen LogP contribution in [0.1, 0.15) is 46.4 Å². The first-order valence-electron chi connectivity index (χ1n) is 10.1. The molecule has 166 valence electrons. The van der Waals surface area contributed by atoms with Gasteiger partial charge in [0.1, 0.15) is 0 Å². The number of hydrogen-bond acceptors (Lipinski definition) is 7. The molecule has 0 bridgehead atoms. The van der Waals surface area contributed by atoms with E-state index in [1.54, 1.807) is 36.1 Å². The summed E-state index contributed by atoms with van der Waals surface area (Å²) in [4.78, 5) is 29.7. The van der Waals surface area contributed by atoms with Gasteiger partial charge in [0.05, 0.1) is 4.90 Å². The van der Waals surface area contributed by atoms with Crippen molar-refractivity contribution in [3.8, 4) is 11.4 Å². The van der Waals surface area contributed by atoms with E-state index in [1.807, 2.05) is 0 Å². The largest absolute Gasteiger partial charge is 0.334 e. The Morgan fingerprint density at radius 2 is 1.75 bits per heavy atom. The normalized spacial score (nSPS) is 13.9. The van der Waals surface area contributed by atoms with E-state index in [1.165, 1.54) is 25.1 Å². The lowest BCUT2D eigenvalue weighted by molar-refractivity contribution is 0.0743. The smallest absolute Gasteiger partial charge is 0.316 e. The molecule has 0 radical (unpaired) electrons. The summed E-state index contributed by atoms with van der Waals surface area (Å²) in [5.41, 5.74) is 1.76. The molecule has 1 fully saturated rings. The lowest BCUT2D eigenvalue weighted by atomic mass is 10.1. The third kappa shape index (κ3) is 4.40. The van der Waals surface area contributed by atoms with Crippen LogP contribution in [0, 0.1) is 6.92 Å². The van der Waals surface area contributed by atoms with Gasteiger partial charge < -0.3 is 9.42 Å². The number of anilines is 1. The minimum atomic E-state index is -3.93. The fraction of sp³-hybridized carbons (Fsp3) is 0.273. The van der Waals surface area contributed by atoms with Gasteiger partial charge in [-0.25, -0.2) is 8.42 Å². The van der Waals surface area contributed by atoms with Crippen LogP contribution >= 0.6 is 0 Å². The number of aromatic nitrogens is 2. The SMILES string of the molecule is CC(=O)c1ccc(NS(=O)(=O)c2cc(-c3noc(C(=O)N4CCCC4)n3)ccc2C)cc1. The van der Waals surface area contributed by atoms with Gasteiger partial charge in [-0.2, -0.15) is 4.98 Å². The highest BCUT2D eigenvalue weighted by Gasteiger charge is 2.26. The molecular formula is C22H22N4O5S. The molecule has 1 aromatic heterocycles. The molecule has 1 aliphatic rings. The zero-order valence-electron chi connectivity index (χ0n) is 17.7. The fourth-order valence-electron chi connectivity index (χ4n) is 3.49. The number of aryl methyl sites for hydroxylation is 1. The number of benzene rings is 2. The van der Waals surface area contributed by atoms with E-state index in [0.29, 0.717) is 35.5 Å². The molecule has 2 aromatic carbocycles. The summed E-state index contributed by atoms with van der Waals surface area (Å²) >= 11 is 0. The Morgan fingerprint density at radius 3 is 2.41 bits per heavy atom. The van der Waals surface area contributed by atoms with Gasteiger partial charge in [0.25, 0.3) is 10.0 Å². The lowest BCUT2D eigenvalue weighted by Crippen LogP contribution is -2.27. The van der Waals surface area contributed by atoms with Gasteiger partial charge in [-0.1, -0.05) is 17.3 Å². The second-order valence-electron chi connectivity index (χ2n) is 7.64. The van der Waals surface area contributed by atoms with Gasteiger partial charge in [-0.3, -0.25) is 14.3 Å². The van der Waals surface area contributed by atoms with Crippen LogP contribution in [0.3, 0.4) is 0 Å². The summed E-state index contributed by atoms with van der Waals surface area (Å²) < 4.78 is 33.7. The van der Waals surface area contributed by atoms with Crippen molar-refractivity contribution in [2.45, 2.75) is 31.6 Å². The minimum Gasteiger partial charge on any atom is -0.334 e. The van der Waals surface area contributed by atoms with Crippen molar-refractivity contribution < 1.29 is 22.5 Å². The molecule has 1 amide bonds. The average molecular weight is 455 g/mol. The Hall–Kier alpha value is -3.53. The predicted molar refractivity (Wildman–Crippen MR) is 117 cm³/mol. The van der Waals surface area contributed by atoms with E-state index in [4.69, 9.17) is 4.52 Å². The van der Waals surface area contributed by atoms with E-state index in [0.717, 1.165) is 12.8 Å². The number of carbonyl (C=O) groups is 2. The Bertz CT molecular complexity index is 1280. The molecule has 1 saturated heterocycles. The molecule has 1 aliphatic heterocycles. The number of Topliss-reactive ketones (excluding diaryl/α,β-unsaturated/α-hetero) is 1. The third-order valence-corrected chi connectivity index (χ3v) is 6.81. The maximum absolute atomic E-state index is 13.0. The highest BCUT2D eigenvalue weighted by atomic mass is 32.2. The van der Waals surface area contributed by atoms with Crippen LogP contribution in [-0.2, 0) is 10.0 Å². The highest BCUT2D eigenvalue weighted by molar-refractivity contribution is 7.92. The second kappa shape index (κ2) is 8.54. The Morgan fingerprint density at radius 1 is 1.06 bits per heavy atom.